The predicted octanol–water partition coefficient (Wildman–Crippen LogP) is 3.37. The first-order valence-corrected chi connectivity index (χ1v) is 8.54. The first kappa shape index (κ1) is 13.9. The minimum atomic E-state index is -1.87. The molecule has 0 aliphatic carbocycles. The molecule has 0 unspecified atom stereocenters. The molecule has 1 aromatic rings. The lowest BCUT2D eigenvalue weighted by Gasteiger charge is -2.14. The van der Waals surface area contributed by atoms with Crippen molar-refractivity contribution in [3.8, 4) is 6.07 Å². The fourth-order valence-electron chi connectivity index (χ4n) is 1.19. The normalized spacial score (nSPS) is 11.9. The van der Waals surface area contributed by atoms with Crippen LogP contribution in [0.4, 0.5) is 0 Å². The smallest absolute Gasteiger partial charge is 0.187 e. The van der Waals surface area contributed by atoms with Gasteiger partial charge in [-0.25, -0.2) is 0 Å². The van der Waals surface area contributed by atoms with E-state index in [1.54, 1.807) is 0 Å². The Morgan fingerprint density at radius 1 is 1.35 bits per heavy atom. The zero-order valence-electron chi connectivity index (χ0n) is 9.96. The van der Waals surface area contributed by atoms with Crippen LogP contribution in [0.2, 0.25) is 0 Å². The van der Waals surface area contributed by atoms with E-state index in [-0.39, 0.29) is 5.71 Å². The Morgan fingerprint density at radius 2 is 1.94 bits per heavy atom. The van der Waals surface area contributed by atoms with Crippen molar-refractivity contribution in [1.29, 1.82) is 5.26 Å². The quantitative estimate of drug-likeness (QED) is 0.466. The molecule has 0 N–H and O–H groups in total. The maximum atomic E-state index is 9.04. The molecule has 0 atom stereocenters. The maximum Gasteiger partial charge on any atom is 0.187 e. The molecule has 0 aliphatic heterocycles. The van der Waals surface area contributed by atoms with Crippen LogP contribution < -0.4 is 0 Å². The van der Waals surface area contributed by atoms with Crippen molar-refractivity contribution in [2.24, 2.45) is 5.16 Å². The highest BCUT2D eigenvalue weighted by molar-refractivity contribution is 8.12. The van der Waals surface area contributed by atoms with Crippen LogP contribution in [0.3, 0.4) is 0 Å². The number of nitriles is 1. The van der Waals surface area contributed by atoms with Crippen LogP contribution in [0.15, 0.2) is 35.5 Å². The van der Waals surface area contributed by atoms with Crippen molar-refractivity contribution >= 4 is 23.8 Å². The highest BCUT2D eigenvalue weighted by Gasteiger charge is 2.14. The second-order valence-electron chi connectivity index (χ2n) is 3.45. The maximum absolute atomic E-state index is 9.04. The van der Waals surface area contributed by atoms with Crippen molar-refractivity contribution in [3.05, 3.63) is 35.9 Å². The van der Waals surface area contributed by atoms with E-state index in [1.165, 1.54) is 0 Å². The summed E-state index contributed by atoms with van der Waals surface area (Å²) in [4.78, 5) is 0. The average Bonchev–Trinajstić information content (AvgIpc) is 2.40. The second kappa shape index (κ2) is 6.54. The molecule has 0 fully saturated rings. The van der Waals surface area contributed by atoms with E-state index in [4.69, 9.17) is 21.7 Å². The third-order valence-electron chi connectivity index (χ3n) is 2.40. The van der Waals surface area contributed by atoms with Gasteiger partial charge in [0.25, 0.3) is 0 Å². The number of benzene rings is 1. The van der Waals surface area contributed by atoms with E-state index in [0.29, 0.717) is 0 Å². The van der Waals surface area contributed by atoms with Crippen molar-refractivity contribution in [2.75, 3.05) is 12.3 Å². The SMILES string of the molecule is CCP(=S)(CC)ON=C(C#N)c1ccccc1. The molecule has 5 heteroatoms. The average molecular weight is 266 g/mol. The van der Waals surface area contributed by atoms with Gasteiger partial charge >= 0.3 is 0 Å². The van der Waals surface area contributed by atoms with Crippen LogP contribution >= 0.6 is 6.26 Å². The van der Waals surface area contributed by atoms with Crippen molar-refractivity contribution < 1.29 is 4.62 Å². The molecule has 1 rings (SSSR count). The molecule has 0 aromatic heterocycles. The topological polar surface area (TPSA) is 45.4 Å². The van der Waals surface area contributed by atoms with E-state index >= 15 is 0 Å². The van der Waals surface area contributed by atoms with Crippen molar-refractivity contribution in [2.45, 2.75) is 13.8 Å². The van der Waals surface area contributed by atoms with Crippen LogP contribution in [-0.2, 0) is 16.4 Å². The van der Waals surface area contributed by atoms with Gasteiger partial charge in [-0.3, -0.25) is 0 Å². The van der Waals surface area contributed by atoms with Gasteiger partial charge in [0, 0.05) is 17.9 Å². The van der Waals surface area contributed by atoms with Gasteiger partial charge in [-0.1, -0.05) is 61.1 Å². The highest BCUT2D eigenvalue weighted by Crippen LogP contribution is 2.46. The Morgan fingerprint density at radius 3 is 2.41 bits per heavy atom. The Kier molecular flexibility index (Phi) is 5.34. The molecule has 3 nitrogen and oxygen atoms in total. The molecule has 0 amide bonds. The summed E-state index contributed by atoms with van der Waals surface area (Å²) in [6.07, 6.45) is -0.299. The largest absolute Gasteiger partial charge is 0.368 e. The molecular weight excluding hydrogens is 251 g/mol. The standard InChI is InChI=1S/C12H15N2OPS/c1-3-16(17,4-2)15-14-12(10-13)11-8-6-5-7-9-11/h5-9H,3-4H2,1-2H3. The molecule has 0 radical (unpaired) electrons. The van der Waals surface area contributed by atoms with E-state index in [1.807, 2.05) is 50.2 Å². The van der Waals surface area contributed by atoms with Gasteiger partial charge < -0.3 is 4.62 Å². The molecule has 0 spiro atoms. The number of hydrogen-bond donors (Lipinski definition) is 0. The van der Waals surface area contributed by atoms with Gasteiger partial charge in [-0.2, -0.15) is 5.26 Å². The Labute approximate surface area is 107 Å². The van der Waals surface area contributed by atoms with Gasteiger partial charge in [-0.05, 0) is 0 Å². The zero-order valence-corrected chi connectivity index (χ0v) is 11.7. The van der Waals surface area contributed by atoms with Crippen LogP contribution in [-0.4, -0.2) is 18.0 Å². The molecule has 17 heavy (non-hydrogen) atoms. The summed E-state index contributed by atoms with van der Waals surface area (Å²) in [5, 5.41) is 13.0. The summed E-state index contributed by atoms with van der Waals surface area (Å²) in [5.41, 5.74) is 1.03. The van der Waals surface area contributed by atoms with E-state index in [0.717, 1.165) is 17.9 Å². The van der Waals surface area contributed by atoms with Gasteiger partial charge in [0.2, 0.25) is 0 Å². The van der Waals surface area contributed by atoms with E-state index in [2.05, 4.69) is 5.16 Å². The highest BCUT2D eigenvalue weighted by atomic mass is 32.4. The molecule has 0 aliphatic rings. The predicted molar refractivity (Wildman–Crippen MR) is 75.0 cm³/mol. The minimum absolute atomic E-state index is 0.279. The number of nitrogens with zero attached hydrogens (tertiary/aromatic N) is 2. The molecule has 90 valence electrons. The van der Waals surface area contributed by atoms with Crippen LogP contribution in [0.5, 0.6) is 0 Å². The van der Waals surface area contributed by atoms with E-state index < -0.39 is 6.26 Å². The fraction of sp³-hybridized carbons (Fsp3) is 0.333. The zero-order chi connectivity index (χ0) is 12.7. The number of hydrogen-bond acceptors (Lipinski definition) is 4. The van der Waals surface area contributed by atoms with Crippen LogP contribution in [0.25, 0.3) is 0 Å². The second-order valence-corrected chi connectivity index (χ2v) is 8.50. The van der Waals surface area contributed by atoms with E-state index in [9.17, 15) is 0 Å². The number of oxime groups is 1. The van der Waals surface area contributed by atoms with Crippen molar-refractivity contribution in [1.82, 2.24) is 0 Å². The molecule has 0 saturated heterocycles. The summed E-state index contributed by atoms with van der Waals surface area (Å²) in [7, 11) is 0. The fourth-order valence-corrected chi connectivity index (χ4v) is 2.20. The Balaban J connectivity index is 2.91. The molecular formula is C12H15N2OPS. The van der Waals surface area contributed by atoms with Gasteiger partial charge in [0.1, 0.15) is 12.3 Å². The summed E-state index contributed by atoms with van der Waals surface area (Å²) in [6.45, 7) is 3.99. The summed E-state index contributed by atoms with van der Waals surface area (Å²) in [6, 6.07) is 11.3. The molecule has 0 saturated carbocycles. The first-order valence-electron chi connectivity index (χ1n) is 5.45. The lowest BCUT2D eigenvalue weighted by molar-refractivity contribution is 0.380. The summed E-state index contributed by atoms with van der Waals surface area (Å²) in [5.74, 6) is 0. The van der Waals surface area contributed by atoms with Gasteiger partial charge in [0.05, 0.1) is 0 Å². The third-order valence-corrected chi connectivity index (χ3v) is 6.45. The minimum Gasteiger partial charge on any atom is -0.368 e. The van der Waals surface area contributed by atoms with Crippen molar-refractivity contribution in [3.63, 3.8) is 0 Å². The van der Waals surface area contributed by atoms with Crippen LogP contribution in [0.1, 0.15) is 19.4 Å². The first-order chi connectivity index (χ1) is 8.15. The third kappa shape index (κ3) is 3.96. The molecule has 1 aromatic carbocycles. The number of rotatable bonds is 5. The lowest BCUT2D eigenvalue weighted by atomic mass is 10.1. The Hall–Kier alpha value is -1.17. The van der Waals surface area contributed by atoms with Gasteiger partial charge in [0.15, 0.2) is 5.71 Å². The molecule has 0 heterocycles. The molecule has 0 bridgehead atoms. The Bertz CT molecular complexity index is 471. The summed E-state index contributed by atoms with van der Waals surface area (Å²) >= 11 is 5.39. The van der Waals surface area contributed by atoms with Gasteiger partial charge in [-0.15, -0.1) is 0 Å². The van der Waals surface area contributed by atoms with Crippen LogP contribution in [0, 0.1) is 11.3 Å². The monoisotopic (exact) mass is 266 g/mol. The lowest BCUT2D eigenvalue weighted by Crippen LogP contribution is -1.99. The summed E-state index contributed by atoms with van der Waals surface area (Å²) < 4.78 is 5.43.